The van der Waals surface area contributed by atoms with E-state index in [1.165, 1.54) is 26.0 Å². The molecule has 1 heterocycles. The van der Waals surface area contributed by atoms with Crippen molar-refractivity contribution in [1.29, 1.82) is 0 Å². The number of carbonyl (C=O) groups is 7. The largest absolute Gasteiger partial charge is 0.457 e. The molecule has 0 aromatic heterocycles. The van der Waals surface area contributed by atoms with E-state index in [0.717, 1.165) is 6.92 Å². The first-order valence-electron chi connectivity index (χ1n) is 21.8. The summed E-state index contributed by atoms with van der Waals surface area (Å²) < 4.78 is 34.6. The number of benzene rings is 3. The maximum Gasteiger partial charge on any atom is 0.350 e. The van der Waals surface area contributed by atoms with Crippen LogP contribution in [0.15, 0.2) is 102 Å². The molecule has 1 fully saturated rings. The molecule has 3 aromatic rings. The zero-order valence-electron chi connectivity index (χ0n) is 38.5. The van der Waals surface area contributed by atoms with Crippen LogP contribution in [0.2, 0.25) is 0 Å². The third-order valence-electron chi connectivity index (χ3n) is 12.6. The number of rotatable bonds is 20. The van der Waals surface area contributed by atoms with Crippen LogP contribution < -0.4 is 5.32 Å². The van der Waals surface area contributed by atoms with Gasteiger partial charge in [-0.2, -0.15) is 0 Å². The van der Waals surface area contributed by atoms with Crippen molar-refractivity contribution < 1.29 is 72.2 Å². The molecule has 3 aromatic carbocycles. The minimum atomic E-state index is -2.33. The fourth-order valence-electron chi connectivity index (χ4n) is 8.70. The molecule has 0 radical (unpaired) electrons. The van der Waals surface area contributed by atoms with Crippen LogP contribution in [0.3, 0.4) is 0 Å². The Morgan fingerprint density at radius 2 is 1.45 bits per heavy atom. The molecule has 0 bridgehead atoms. The number of aliphatic hydroxyl groups excluding tert-OH is 1. The lowest BCUT2D eigenvalue weighted by Crippen LogP contribution is -2.63. The van der Waals surface area contributed by atoms with E-state index in [-0.39, 0.29) is 41.7 Å². The van der Waals surface area contributed by atoms with Gasteiger partial charge in [0.25, 0.3) is 5.91 Å². The summed E-state index contributed by atoms with van der Waals surface area (Å²) in [6.07, 6.45) is -9.60. The molecule has 1 amide bonds. The molecule has 9 atom stereocenters. The van der Waals surface area contributed by atoms with E-state index in [1.54, 1.807) is 107 Å². The predicted molar refractivity (Wildman–Crippen MR) is 241 cm³/mol. The van der Waals surface area contributed by atoms with Crippen molar-refractivity contribution in [2.75, 3.05) is 12.5 Å². The third kappa shape index (κ3) is 12.3. The summed E-state index contributed by atoms with van der Waals surface area (Å²) in [5.41, 5.74) is -4.35. The highest BCUT2D eigenvalue weighted by atomic mass is 35.5. The van der Waals surface area contributed by atoms with Gasteiger partial charge in [-0.1, -0.05) is 94.4 Å². The van der Waals surface area contributed by atoms with Crippen LogP contribution in [0.25, 0.3) is 0 Å². The van der Waals surface area contributed by atoms with Crippen LogP contribution in [0.1, 0.15) is 100 Å². The number of carbonyl (C=O) groups excluding carboxylic acids is 7. The number of nitrogens with one attached hydrogen (secondary N) is 1. The summed E-state index contributed by atoms with van der Waals surface area (Å²) in [5.74, 6) is -5.80. The Labute approximate surface area is 394 Å². The van der Waals surface area contributed by atoms with E-state index >= 15 is 0 Å². The number of ether oxygens (including phenoxy) is 6. The Kier molecular flexibility index (Phi) is 17.3. The summed E-state index contributed by atoms with van der Waals surface area (Å²) in [6.45, 7) is 10.5. The van der Waals surface area contributed by atoms with Crippen molar-refractivity contribution in [2.24, 2.45) is 10.8 Å². The van der Waals surface area contributed by atoms with Gasteiger partial charge in [-0.25, -0.2) is 9.59 Å². The molecule has 1 aliphatic heterocycles. The van der Waals surface area contributed by atoms with Gasteiger partial charge < -0.3 is 44.0 Å². The van der Waals surface area contributed by atoms with Crippen molar-refractivity contribution in [3.8, 4) is 0 Å². The maximum absolute atomic E-state index is 14.8. The first-order chi connectivity index (χ1) is 31.6. The van der Waals surface area contributed by atoms with Crippen LogP contribution in [-0.4, -0.2) is 113 Å². The lowest BCUT2D eigenvalue weighted by molar-refractivity contribution is -0.209. The molecule has 1 saturated heterocycles. The minimum Gasteiger partial charge on any atom is -0.457 e. The standard InChI is InChI=1S/C50H58ClNO15/c1-29-36(65-47(60)44(67-41(57)26-51)43(32-17-11-8-12-18-32)52-45(58)33-19-13-9-14-20-33)24-50(61,49(6,7)42(29)37(27-53)63-30(2)54)40(66-46(59)34-21-15-10-16-22-34)25-48(4,5)39(56)23-35-38(28-62-35)64-31(3)55/h8-22,27,35-40,43-44,56,61H,23-26,28H2,1-7H3,(H,52,58)/t35-,36+,37+,38+,39+,40+,43+,44-,50-/m1/s1. The lowest BCUT2D eigenvalue weighted by Gasteiger charge is -2.55. The number of aldehydes is 1. The van der Waals surface area contributed by atoms with Crippen molar-refractivity contribution in [3.63, 3.8) is 0 Å². The molecule has 0 unspecified atom stereocenters. The van der Waals surface area contributed by atoms with Gasteiger partial charge in [0.1, 0.15) is 29.7 Å². The van der Waals surface area contributed by atoms with Crippen molar-refractivity contribution in [3.05, 3.63) is 119 Å². The quantitative estimate of drug-likeness (QED) is 0.0415. The molecular weight excluding hydrogens is 890 g/mol. The number of hydrogen-bond acceptors (Lipinski definition) is 15. The molecule has 16 nitrogen and oxygen atoms in total. The van der Waals surface area contributed by atoms with Crippen molar-refractivity contribution >= 4 is 53.6 Å². The predicted octanol–water partition coefficient (Wildman–Crippen LogP) is 5.55. The molecular formula is C50H58ClNO15. The maximum atomic E-state index is 14.8. The Balaban J connectivity index is 1.62. The summed E-state index contributed by atoms with van der Waals surface area (Å²) >= 11 is 5.90. The van der Waals surface area contributed by atoms with Gasteiger partial charge in [0, 0.05) is 37.7 Å². The number of aliphatic hydroxyl groups is 2. The normalized spacial score (nSPS) is 22.3. The average molecular weight is 948 g/mol. The monoisotopic (exact) mass is 947 g/mol. The fourth-order valence-corrected chi connectivity index (χ4v) is 8.76. The van der Waals surface area contributed by atoms with E-state index in [9.17, 15) is 43.8 Å². The van der Waals surface area contributed by atoms with E-state index in [2.05, 4.69) is 5.32 Å². The van der Waals surface area contributed by atoms with E-state index in [1.807, 2.05) is 0 Å². The lowest BCUT2D eigenvalue weighted by atomic mass is 9.56. The zero-order valence-corrected chi connectivity index (χ0v) is 39.2. The molecule has 17 heteroatoms. The summed E-state index contributed by atoms with van der Waals surface area (Å²) in [5, 5.41) is 28.1. The highest BCUT2D eigenvalue weighted by Crippen LogP contribution is 2.54. The molecule has 360 valence electrons. The summed E-state index contributed by atoms with van der Waals surface area (Å²) in [4.78, 5) is 92.8. The van der Waals surface area contributed by atoms with Gasteiger partial charge in [0.05, 0.1) is 24.4 Å². The molecule has 67 heavy (non-hydrogen) atoms. The summed E-state index contributed by atoms with van der Waals surface area (Å²) in [6, 6.07) is 22.8. The van der Waals surface area contributed by atoms with Crippen molar-refractivity contribution in [1.82, 2.24) is 5.32 Å². The van der Waals surface area contributed by atoms with Crippen LogP contribution in [0.5, 0.6) is 0 Å². The van der Waals surface area contributed by atoms with Crippen LogP contribution in [0, 0.1) is 10.8 Å². The minimum absolute atomic E-state index is 0.00162. The van der Waals surface area contributed by atoms with Crippen LogP contribution in [-0.2, 0) is 52.4 Å². The summed E-state index contributed by atoms with van der Waals surface area (Å²) in [7, 11) is 0. The van der Waals surface area contributed by atoms with Gasteiger partial charge in [0.2, 0.25) is 6.10 Å². The second-order valence-electron chi connectivity index (χ2n) is 17.9. The topological polar surface area (TPSA) is 227 Å². The van der Waals surface area contributed by atoms with E-state index in [4.69, 9.17) is 40.0 Å². The third-order valence-corrected chi connectivity index (χ3v) is 12.8. The van der Waals surface area contributed by atoms with Gasteiger partial charge >= 0.3 is 29.8 Å². The first kappa shape index (κ1) is 52.0. The van der Waals surface area contributed by atoms with Crippen LogP contribution >= 0.6 is 11.6 Å². The van der Waals surface area contributed by atoms with Crippen molar-refractivity contribution in [2.45, 2.75) is 122 Å². The molecule has 5 rings (SSSR count). The Bertz CT molecular complexity index is 2290. The average Bonchev–Trinajstić information content (AvgIpc) is 3.29. The number of alkyl halides is 1. The second kappa shape index (κ2) is 22.2. The fraction of sp³-hybridized carbons (Fsp3) is 0.460. The Morgan fingerprint density at radius 1 is 0.866 bits per heavy atom. The molecule has 3 N–H and O–H groups in total. The first-order valence-corrected chi connectivity index (χ1v) is 22.3. The zero-order chi connectivity index (χ0) is 49.3. The SMILES string of the molecule is CC(=O)O[C@@H](C=O)C1=C(C)[C@@H](OC(=O)[C@H](OC(=O)CCl)[C@@H](NC(=O)c2ccccc2)c2ccccc2)C[C@@](O)([C@H](CC(C)(C)[C@@H](O)C[C@H]2OC[C@@H]2OC(C)=O)OC(=O)c2ccccc2)C1(C)C. The van der Waals surface area contributed by atoms with E-state index < -0.39 is 113 Å². The highest BCUT2D eigenvalue weighted by Gasteiger charge is 2.61. The van der Waals surface area contributed by atoms with Gasteiger partial charge in [-0.3, -0.25) is 24.0 Å². The Morgan fingerprint density at radius 3 is 1.97 bits per heavy atom. The van der Waals surface area contributed by atoms with Gasteiger partial charge in [-0.05, 0) is 59.7 Å². The smallest absolute Gasteiger partial charge is 0.350 e. The highest BCUT2D eigenvalue weighted by molar-refractivity contribution is 6.26. The molecule has 0 spiro atoms. The van der Waals surface area contributed by atoms with Crippen LogP contribution in [0.4, 0.5) is 0 Å². The van der Waals surface area contributed by atoms with E-state index in [0.29, 0.717) is 11.8 Å². The number of halogens is 1. The Hall–Kier alpha value is -5.94. The molecule has 2 aliphatic rings. The molecule has 1 aliphatic carbocycles. The second-order valence-corrected chi connectivity index (χ2v) is 18.2. The number of esters is 5. The number of amides is 1. The van der Waals surface area contributed by atoms with Gasteiger partial charge in [-0.15, -0.1) is 11.6 Å². The van der Waals surface area contributed by atoms with Gasteiger partial charge in [0.15, 0.2) is 18.5 Å². The number of hydrogen-bond donors (Lipinski definition) is 3. The molecule has 0 saturated carbocycles.